The van der Waals surface area contributed by atoms with Gasteiger partial charge in [0.1, 0.15) is 0 Å². The summed E-state index contributed by atoms with van der Waals surface area (Å²) in [5.41, 5.74) is 1.83. The first kappa shape index (κ1) is 11.1. The number of nitrogens with one attached hydrogen (secondary N) is 2. The molecule has 0 saturated carbocycles. The quantitative estimate of drug-likeness (QED) is 0.785. The minimum Gasteiger partial charge on any atom is -0.324 e. The summed E-state index contributed by atoms with van der Waals surface area (Å²) in [5, 5.41) is 6.14. The van der Waals surface area contributed by atoms with Gasteiger partial charge >= 0.3 is 0 Å². The van der Waals surface area contributed by atoms with Gasteiger partial charge in [-0.05, 0) is 31.0 Å². The highest BCUT2D eigenvalue weighted by atomic mass is 16.1. The van der Waals surface area contributed by atoms with Gasteiger partial charge < -0.3 is 10.6 Å². The topological polar surface area (TPSA) is 54.0 Å². The van der Waals surface area contributed by atoms with E-state index in [1.165, 1.54) is 0 Å². The van der Waals surface area contributed by atoms with Crippen molar-refractivity contribution in [3.05, 3.63) is 24.0 Å². The lowest BCUT2D eigenvalue weighted by Crippen LogP contribution is -2.27. The summed E-state index contributed by atoms with van der Waals surface area (Å²) in [6.45, 7) is 5.75. The number of anilines is 1. The largest absolute Gasteiger partial charge is 0.324 e. The molecule has 2 atom stereocenters. The number of nitrogens with zero attached hydrogens (tertiary/aromatic N) is 1. The summed E-state index contributed by atoms with van der Waals surface area (Å²) in [6.07, 6.45) is 3.45. The van der Waals surface area contributed by atoms with Gasteiger partial charge in [-0.2, -0.15) is 0 Å². The number of pyridine rings is 1. The van der Waals surface area contributed by atoms with Crippen molar-refractivity contribution in [3.63, 3.8) is 0 Å². The fraction of sp³-hybridized carbons (Fsp3) is 0.500. The first-order chi connectivity index (χ1) is 7.66. The van der Waals surface area contributed by atoms with E-state index in [0.29, 0.717) is 5.92 Å². The van der Waals surface area contributed by atoms with Crippen molar-refractivity contribution in [1.82, 2.24) is 10.3 Å². The molecule has 4 nitrogen and oxygen atoms in total. The minimum atomic E-state index is 0.0699. The van der Waals surface area contributed by atoms with Crippen molar-refractivity contribution in [2.45, 2.75) is 13.8 Å². The van der Waals surface area contributed by atoms with Gasteiger partial charge in [-0.15, -0.1) is 0 Å². The van der Waals surface area contributed by atoms with Crippen LogP contribution in [0.4, 0.5) is 5.69 Å². The van der Waals surface area contributed by atoms with Gasteiger partial charge in [-0.1, -0.05) is 6.92 Å². The molecule has 16 heavy (non-hydrogen) atoms. The molecule has 1 aromatic rings. The van der Waals surface area contributed by atoms with E-state index in [1.54, 1.807) is 12.4 Å². The number of carbonyl (C=O) groups excluding carboxylic acids is 1. The first-order valence-electron chi connectivity index (χ1n) is 5.60. The van der Waals surface area contributed by atoms with Crippen molar-refractivity contribution in [3.8, 4) is 0 Å². The molecule has 1 saturated heterocycles. The third-order valence-electron chi connectivity index (χ3n) is 3.00. The smallest absolute Gasteiger partial charge is 0.229 e. The highest BCUT2D eigenvalue weighted by molar-refractivity contribution is 5.93. The second-order valence-corrected chi connectivity index (χ2v) is 4.48. The lowest BCUT2D eigenvalue weighted by Gasteiger charge is -2.14. The highest BCUT2D eigenvalue weighted by Crippen LogP contribution is 2.18. The molecule has 0 radical (unpaired) electrons. The van der Waals surface area contributed by atoms with Crippen LogP contribution >= 0.6 is 0 Å². The molecule has 2 rings (SSSR count). The van der Waals surface area contributed by atoms with E-state index in [2.05, 4.69) is 22.5 Å². The van der Waals surface area contributed by atoms with E-state index in [4.69, 9.17) is 0 Å². The van der Waals surface area contributed by atoms with Gasteiger partial charge in [-0.25, -0.2) is 0 Å². The van der Waals surface area contributed by atoms with Crippen LogP contribution < -0.4 is 10.6 Å². The number of hydrogen-bond donors (Lipinski definition) is 2. The van der Waals surface area contributed by atoms with Crippen LogP contribution in [0, 0.1) is 18.8 Å². The maximum absolute atomic E-state index is 12.0. The zero-order valence-corrected chi connectivity index (χ0v) is 9.66. The van der Waals surface area contributed by atoms with Gasteiger partial charge in [-0.3, -0.25) is 9.78 Å². The molecular weight excluding hydrogens is 202 g/mol. The van der Waals surface area contributed by atoms with Gasteiger partial charge in [0.2, 0.25) is 5.91 Å². The fourth-order valence-corrected chi connectivity index (χ4v) is 2.02. The van der Waals surface area contributed by atoms with E-state index in [-0.39, 0.29) is 11.8 Å². The number of amides is 1. The van der Waals surface area contributed by atoms with Gasteiger partial charge in [0.25, 0.3) is 0 Å². The average Bonchev–Trinajstić information content (AvgIpc) is 2.64. The van der Waals surface area contributed by atoms with Crippen LogP contribution in [0.15, 0.2) is 18.5 Å². The molecule has 2 heterocycles. The Balaban J connectivity index is 2.02. The van der Waals surface area contributed by atoms with Crippen LogP contribution in [0.3, 0.4) is 0 Å². The summed E-state index contributed by atoms with van der Waals surface area (Å²) in [4.78, 5) is 16.0. The molecule has 4 heteroatoms. The molecule has 1 amide bonds. The fourth-order valence-electron chi connectivity index (χ4n) is 2.02. The van der Waals surface area contributed by atoms with E-state index < -0.39 is 0 Å². The summed E-state index contributed by atoms with van der Waals surface area (Å²) in [7, 11) is 0. The minimum absolute atomic E-state index is 0.0699. The van der Waals surface area contributed by atoms with Crippen LogP contribution in [0.2, 0.25) is 0 Å². The van der Waals surface area contributed by atoms with E-state index >= 15 is 0 Å². The van der Waals surface area contributed by atoms with Gasteiger partial charge in [0.05, 0.1) is 17.8 Å². The second kappa shape index (κ2) is 4.61. The predicted molar refractivity (Wildman–Crippen MR) is 63.1 cm³/mol. The summed E-state index contributed by atoms with van der Waals surface area (Å²) in [6, 6.07) is 1.93. The van der Waals surface area contributed by atoms with Crippen LogP contribution in [0.5, 0.6) is 0 Å². The van der Waals surface area contributed by atoms with Crippen LogP contribution in [-0.2, 0) is 4.79 Å². The van der Waals surface area contributed by atoms with Crippen molar-refractivity contribution < 1.29 is 4.79 Å². The van der Waals surface area contributed by atoms with Crippen molar-refractivity contribution in [2.24, 2.45) is 11.8 Å². The van der Waals surface area contributed by atoms with Gasteiger partial charge in [0.15, 0.2) is 0 Å². The van der Waals surface area contributed by atoms with Crippen LogP contribution in [0.1, 0.15) is 12.5 Å². The van der Waals surface area contributed by atoms with Crippen LogP contribution in [-0.4, -0.2) is 24.0 Å². The Bertz CT molecular complexity index is 392. The first-order valence-corrected chi connectivity index (χ1v) is 5.60. The predicted octanol–water partition coefficient (Wildman–Crippen LogP) is 1.18. The number of rotatable bonds is 2. The van der Waals surface area contributed by atoms with Crippen LogP contribution in [0.25, 0.3) is 0 Å². The molecule has 0 unspecified atom stereocenters. The molecule has 0 aromatic carbocycles. The lowest BCUT2D eigenvalue weighted by atomic mass is 9.97. The average molecular weight is 219 g/mol. The molecule has 1 fully saturated rings. The standard InChI is InChI=1S/C12H17N3O/c1-8-3-10(6-13-4-8)15-12(16)11-7-14-5-9(11)2/h3-4,6,9,11,14H,5,7H2,1-2H3,(H,15,16)/t9-,11-/m1/s1. The monoisotopic (exact) mass is 219 g/mol. The van der Waals surface area contributed by atoms with Crippen molar-refractivity contribution in [2.75, 3.05) is 18.4 Å². The van der Waals surface area contributed by atoms with E-state index in [1.807, 2.05) is 13.0 Å². The molecule has 1 aromatic heterocycles. The molecule has 86 valence electrons. The Kier molecular flexibility index (Phi) is 3.19. The Morgan fingerprint density at radius 3 is 2.94 bits per heavy atom. The normalized spacial score (nSPS) is 24.4. The van der Waals surface area contributed by atoms with Crippen molar-refractivity contribution in [1.29, 1.82) is 0 Å². The van der Waals surface area contributed by atoms with Gasteiger partial charge in [0, 0.05) is 12.7 Å². The van der Waals surface area contributed by atoms with E-state index in [9.17, 15) is 4.79 Å². The molecule has 1 aliphatic heterocycles. The molecule has 2 N–H and O–H groups in total. The molecule has 0 bridgehead atoms. The Labute approximate surface area is 95.5 Å². The third-order valence-corrected chi connectivity index (χ3v) is 3.00. The summed E-state index contributed by atoms with van der Waals surface area (Å²) < 4.78 is 0. The highest BCUT2D eigenvalue weighted by Gasteiger charge is 2.29. The second-order valence-electron chi connectivity index (χ2n) is 4.48. The molecule has 0 aliphatic carbocycles. The maximum Gasteiger partial charge on any atom is 0.229 e. The third kappa shape index (κ3) is 2.39. The Morgan fingerprint density at radius 1 is 1.50 bits per heavy atom. The zero-order chi connectivity index (χ0) is 11.5. The number of aromatic nitrogens is 1. The Hall–Kier alpha value is -1.42. The lowest BCUT2D eigenvalue weighted by molar-refractivity contribution is -0.120. The summed E-state index contributed by atoms with van der Waals surface area (Å²) >= 11 is 0. The molecular formula is C12H17N3O. The summed E-state index contributed by atoms with van der Waals surface area (Å²) in [5.74, 6) is 0.559. The maximum atomic E-state index is 12.0. The Morgan fingerprint density at radius 2 is 2.31 bits per heavy atom. The van der Waals surface area contributed by atoms with E-state index in [0.717, 1.165) is 24.3 Å². The SMILES string of the molecule is Cc1cncc(NC(=O)[C@@H]2CNC[C@H]2C)c1. The number of hydrogen-bond acceptors (Lipinski definition) is 3. The number of carbonyl (C=O) groups is 1. The molecule has 1 aliphatic rings. The zero-order valence-electron chi connectivity index (χ0n) is 9.66. The molecule has 0 spiro atoms. The van der Waals surface area contributed by atoms with Crippen molar-refractivity contribution >= 4 is 11.6 Å². The number of aryl methyl sites for hydroxylation is 1.